The fourth-order valence-electron chi connectivity index (χ4n) is 3.28. The molecule has 1 heterocycles. The summed E-state index contributed by atoms with van der Waals surface area (Å²) in [6, 6.07) is 16.1. The highest BCUT2D eigenvalue weighted by Gasteiger charge is 2.23. The van der Waals surface area contributed by atoms with Gasteiger partial charge in [-0.3, -0.25) is 0 Å². The summed E-state index contributed by atoms with van der Waals surface area (Å²) in [7, 11) is 3.09. The SMILES string of the molecule is COC(=O)[C@@H](C)[NH2+]C[C@@H](c1ccc(OC)cc1)c1c[nH]c2ccccc12. The summed E-state index contributed by atoms with van der Waals surface area (Å²) in [4.78, 5) is 15.1. The lowest BCUT2D eigenvalue weighted by atomic mass is 9.90. The standard InChI is InChI=1S/C21H24N2O3/c1-14(21(24)26-3)22-12-18(15-8-10-16(25-2)11-9-15)19-13-23-20-7-5-4-6-17(19)20/h4-11,13-14,18,22-23H,12H2,1-3H3/p+1/t14-,18+/m1/s1. The van der Waals surface area contributed by atoms with Crippen molar-refractivity contribution in [2.75, 3.05) is 20.8 Å². The Morgan fingerprint density at radius 1 is 1.12 bits per heavy atom. The lowest BCUT2D eigenvalue weighted by molar-refractivity contribution is -0.676. The first-order valence-electron chi connectivity index (χ1n) is 8.75. The Bertz CT molecular complexity index is 870. The van der Waals surface area contributed by atoms with Crippen LogP contribution in [0.4, 0.5) is 0 Å². The van der Waals surface area contributed by atoms with Crippen molar-refractivity contribution in [1.29, 1.82) is 0 Å². The normalized spacial score (nSPS) is 13.3. The van der Waals surface area contributed by atoms with Crippen molar-refractivity contribution in [2.45, 2.75) is 18.9 Å². The number of aromatic amines is 1. The number of hydrogen-bond donors (Lipinski definition) is 2. The molecule has 26 heavy (non-hydrogen) atoms. The van der Waals surface area contributed by atoms with Crippen LogP contribution in [0.15, 0.2) is 54.7 Å². The highest BCUT2D eigenvalue weighted by molar-refractivity contribution is 5.84. The number of nitrogens with one attached hydrogen (secondary N) is 1. The van der Waals surface area contributed by atoms with E-state index in [1.54, 1.807) is 7.11 Å². The van der Waals surface area contributed by atoms with Crippen molar-refractivity contribution in [3.8, 4) is 5.75 Å². The van der Waals surface area contributed by atoms with Gasteiger partial charge in [0, 0.05) is 17.1 Å². The summed E-state index contributed by atoms with van der Waals surface area (Å²) >= 11 is 0. The van der Waals surface area contributed by atoms with Gasteiger partial charge in [0.1, 0.15) is 5.75 Å². The van der Waals surface area contributed by atoms with Crippen molar-refractivity contribution in [3.63, 3.8) is 0 Å². The van der Waals surface area contributed by atoms with Crippen LogP contribution in [-0.4, -0.2) is 37.8 Å². The van der Waals surface area contributed by atoms with Crippen LogP contribution in [0.2, 0.25) is 0 Å². The molecule has 0 aliphatic rings. The molecule has 0 aliphatic heterocycles. The summed E-state index contributed by atoms with van der Waals surface area (Å²) < 4.78 is 10.1. The zero-order valence-electron chi connectivity index (χ0n) is 15.4. The zero-order chi connectivity index (χ0) is 18.5. The van der Waals surface area contributed by atoms with Gasteiger partial charge in [-0.25, -0.2) is 4.79 Å². The van der Waals surface area contributed by atoms with E-state index in [-0.39, 0.29) is 17.9 Å². The van der Waals surface area contributed by atoms with Gasteiger partial charge in [0.2, 0.25) is 0 Å². The van der Waals surface area contributed by atoms with E-state index in [1.165, 1.54) is 23.6 Å². The Morgan fingerprint density at radius 2 is 1.85 bits per heavy atom. The fourth-order valence-corrected chi connectivity index (χ4v) is 3.28. The van der Waals surface area contributed by atoms with Crippen LogP contribution < -0.4 is 10.1 Å². The Labute approximate surface area is 153 Å². The first-order valence-corrected chi connectivity index (χ1v) is 8.75. The largest absolute Gasteiger partial charge is 0.497 e. The third-order valence-electron chi connectivity index (χ3n) is 4.81. The predicted molar refractivity (Wildman–Crippen MR) is 101 cm³/mol. The molecule has 3 aromatic rings. The average Bonchev–Trinajstić information content (AvgIpc) is 3.12. The Balaban J connectivity index is 1.94. The number of rotatable bonds is 7. The molecule has 5 nitrogen and oxygen atoms in total. The molecule has 0 amide bonds. The lowest BCUT2D eigenvalue weighted by Crippen LogP contribution is -2.92. The predicted octanol–water partition coefficient (Wildman–Crippen LogP) is 2.43. The summed E-state index contributed by atoms with van der Waals surface area (Å²) in [6.07, 6.45) is 2.07. The van der Waals surface area contributed by atoms with Gasteiger partial charge in [-0.2, -0.15) is 0 Å². The number of quaternary nitrogens is 1. The van der Waals surface area contributed by atoms with Gasteiger partial charge in [0.05, 0.1) is 26.7 Å². The molecule has 0 radical (unpaired) electrons. The van der Waals surface area contributed by atoms with E-state index < -0.39 is 0 Å². The third-order valence-corrected chi connectivity index (χ3v) is 4.81. The molecule has 0 spiro atoms. The molecule has 0 unspecified atom stereocenters. The number of carbonyl (C=O) groups is 1. The fraction of sp³-hybridized carbons (Fsp3) is 0.286. The number of carbonyl (C=O) groups excluding carboxylic acids is 1. The smallest absolute Gasteiger partial charge is 0.364 e. The molecular formula is C21H25N2O3+. The lowest BCUT2D eigenvalue weighted by Gasteiger charge is -2.18. The van der Waals surface area contributed by atoms with Gasteiger partial charge < -0.3 is 19.8 Å². The number of ether oxygens (including phenoxy) is 2. The van der Waals surface area contributed by atoms with E-state index in [9.17, 15) is 4.79 Å². The van der Waals surface area contributed by atoms with E-state index in [0.717, 1.165) is 17.8 Å². The minimum absolute atomic E-state index is 0.143. The van der Waals surface area contributed by atoms with Crippen LogP contribution in [0.3, 0.4) is 0 Å². The molecule has 3 rings (SSSR count). The molecule has 0 aliphatic carbocycles. The summed E-state index contributed by atoms with van der Waals surface area (Å²) in [5.41, 5.74) is 3.52. The third kappa shape index (κ3) is 3.73. The van der Waals surface area contributed by atoms with Gasteiger partial charge >= 0.3 is 5.97 Å². The maximum absolute atomic E-state index is 11.8. The van der Waals surface area contributed by atoms with Crippen molar-refractivity contribution in [2.24, 2.45) is 0 Å². The topological polar surface area (TPSA) is 67.9 Å². The van der Waals surface area contributed by atoms with Crippen molar-refractivity contribution >= 4 is 16.9 Å². The number of nitrogens with two attached hydrogens (primary N) is 1. The Morgan fingerprint density at radius 3 is 2.54 bits per heavy atom. The number of hydrogen-bond acceptors (Lipinski definition) is 3. The highest BCUT2D eigenvalue weighted by Crippen LogP contribution is 2.30. The van der Waals surface area contributed by atoms with Gasteiger partial charge in [-0.15, -0.1) is 0 Å². The molecular weight excluding hydrogens is 328 g/mol. The molecule has 0 bridgehead atoms. The second-order valence-electron chi connectivity index (χ2n) is 6.40. The second kappa shape index (κ2) is 8.06. The Kier molecular flexibility index (Phi) is 5.58. The minimum atomic E-state index is -0.244. The van der Waals surface area contributed by atoms with Gasteiger partial charge in [0.15, 0.2) is 6.04 Å². The summed E-state index contributed by atoms with van der Waals surface area (Å²) in [5, 5.41) is 3.23. The van der Waals surface area contributed by atoms with E-state index in [0.29, 0.717) is 0 Å². The molecule has 2 aromatic carbocycles. The number of aromatic nitrogens is 1. The number of methoxy groups -OCH3 is 2. The molecule has 2 atom stereocenters. The van der Waals surface area contributed by atoms with Gasteiger partial charge in [0.25, 0.3) is 0 Å². The van der Waals surface area contributed by atoms with Gasteiger partial charge in [-0.05, 0) is 36.2 Å². The molecule has 5 heteroatoms. The van der Waals surface area contributed by atoms with Crippen molar-refractivity contribution in [3.05, 3.63) is 65.9 Å². The van der Waals surface area contributed by atoms with Crippen LogP contribution in [-0.2, 0) is 9.53 Å². The maximum Gasteiger partial charge on any atom is 0.364 e. The van der Waals surface area contributed by atoms with E-state index in [2.05, 4.69) is 35.4 Å². The number of H-pyrrole nitrogens is 1. The monoisotopic (exact) mass is 353 g/mol. The van der Waals surface area contributed by atoms with E-state index >= 15 is 0 Å². The van der Waals surface area contributed by atoms with Crippen molar-refractivity contribution in [1.82, 2.24) is 4.98 Å². The number of esters is 1. The number of fused-ring (bicyclic) bond motifs is 1. The first kappa shape index (κ1) is 18.0. The average molecular weight is 353 g/mol. The molecule has 1 aromatic heterocycles. The molecule has 3 N–H and O–H groups in total. The van der Waals surface area contributed by atoms with Crippen molar-refractivity contribution < 1.29 is 19.6 Å². The number of benzene rings is 2. The molecule has 0 fully saturated rings. The summed E-state index contributed by atoms with van der Waals surface area (Å²) in [6.45, 7) is 2.61. The zero-order valence-corrected chi connectivity index (χ0v) is 15.4. The minimum Gasteiger partial charge on any atom is -0.497 e. The Hall–Kier alpha value is -2.79. The quantitative estimate of drug-likeness (QED) is 0.641. The summed E-state index contributed by atoms with van der Waals surface area (Å²) in [5.74, 6) is 0.764. The van der Waals surface area contributed by atoms with Gasteiger partial charge in [-0.1, -0.05) is 30.3 Å². The second-order valence-corrected chi connectivity index (χ2v) is 6.40. The molecule has 0 saturated heterocycles. The number of para-hydroxylation sites is 1. The van der Waals surface area contributed by atoms with Crippen LogP contribution in [0.1, 0.15) is 24.0 Å². The molecule has 136 valence electrons. The van der Waals surface area contributed by atoms with Crippen LogP contribution in [0.5, 0.6) is 5.75 Å². The maximum atomic E-state index is 11.8. The van der Waals surface area contributed by atoms with Crippen LogP contribution in [0, 0.1) is 0 Å². The van der Waals surface area contributed by atoms with Crippen LogP contribution >= 0.6 is 0 Å². The van der Waals surface area contributed by atoms with E-state index in [1.807, 2.05) is 36.5 Å². The molecule has 0 saturated carbocycles. The van der Waals surface area contributed by atoms with E-state index in [4.69, 9.17) is 9.47 Å². The first-order chi connectivity index (χ1) is 12.6. The highest BCUT2D eigenvalue weighted by atomic mass is 16.5. The van der Waals surface area contributed by atoms with Crippen LogP contribution in [0.25, 0.3) is 10.9 Å².